The molecule has 1 aromatic carbocycles. The number of nitrogens with one attached hydrogen (secondary N) is 1. The maximum Gasteiger partial charge on any atom is 0.0991 e. The fourth-order valence-electron chi connectivity index (χ4n) is 1.82. The summed E-state index contributed by atoms with van der Waals surface area (Å²) in [5.41, 5.74) is 2.44. The number of hydrogen-bond donors (Lipinski definition) is 1. The molecule has 96 valence electrons. The lowest BCUT2D eigenvalue weighted by Gasteiger charge is -2.13. The second-order valence-electron chi connectivity index (χ2n) is 4.77. The van der Waals surface area contributed by atoms with E-state index in [-0.39, 0.29) is 0 Å². The highest BCUT2D eigenvalue weighted by Crippen LogP contribution is 2.20. The molecule has 0 bridgehead atoms. The number of benzene rings is 1. The van der Waals surface area contributed by atoms with Crippen LogP contribution in [0.4, 0.5) is 0 Å². The Kier molecular flexibility index (Phi) is 4.55. The minimum absolute atomic E-state index is 0.664. The van der Waals surface area contributed by atoms with Crippen molar-refractivity contribution < 1.29 is 0 Å². The van der Waals surface area contributed by atoms with E-state index in [0.29, 0.717) is 5.92 Å². The number of halogens is 1. The Morgan fingerprint density at radius 3 is 2.89 bits per heavy atom. The van der Waals surface area contributed by atoms with Crippen molar-refractivity contribution in [3.63, 3.8) is 0 Å². The molecule has 0 fully saturated rings. The van der Waals surface area contributed by atoms with E-state index in [4.69, 9.17) is 0 Å². The van der Waals surface area contributed by atoms with Crippen molar-refractivity contribution in [1.82, 2.24) is 14.9 Å². The van der Waals surface area contributed by atoms with Crippen molar-refractivity contribution in [2.75, 3.05) is 6.54 Å². The summed E-state index contributed by atoms with van der Waals surface area (Å²) in [7, 11) is 0. The van der Waals surface area contributed by atoms with Crippen LogP contribution in [0.5, 0.6) is 0 Å². The summed E-state index contributed by atoms with van der Waals surface area (Å²) in [6.07, 6.45) is 5.59. The maximum atomic E-state index is 4.11. The quantitative estimate of drug-likeness (QED) is 0.917. The number of rotatable bonds is 5. The zero-order valence-corrected chi connectivity index (χ0v) is 12.3. The third kappa shape index (κ3) is 3.43. The molecule has 0 atom stereocenters. The summed E-state index contributed by atoms with van der Waals surface area (Å²) in [6, 6.07) is 6.34. The highest BCUT2D eigenvalue weighted by atomic mass is 79.9. The van der Waals surface area contributed by atoms with Crippen molar-refractivity contribution in [3.05, 3.63) is 47.0 Å². The molecular weight excluding hydrogens is 290 g/mol. The number of aromatic nitrogens is 2. The van der Waals surface area contributed by atoms with Gasteiger partial charge in [0.15, 0.2) is 0 Å². The predicted octanol–water partition coefficient (Wildman–Crippen LogP) is 3.38. The topological polar surface area (TPSA) is 29.9 Å². The molecule has 0 aliphatic carbocycles. The average Bonchev–Trinajstić information content (AvgIpc) is 2.84. The lowest BCUT2D eigenvalue weighted by atomic mass is 10.1. The minimum Gasteiger partial charge on any atom is -0.312 e. The molecule has 0 radical (unpaired) electrons. The molecule has 0 saturated heterocycles. The molecule has 18 heavy (non-hydrogen) atoms. The van der Waals surface area contributed by atoms with Gasteiger partial charge < -0.3 is 9.88 Å². The first kappa shape index (κ1) is 13.3. The van der Waals surface area contributed by atoms with Crippen molar-refractivity contribution >= 4 is 15.9 Å². The predicted molar refractivity (Wildman–Crippen MR) is 77.8 cm³/mol. The van der Waals surface area contributed by atoms with Crippen molar-refractivity contribution in [1.29, 1.82) is 0 Å². The Balaban J connectivity index is 2.19. The summed E-state index contributed by atoms with van der Waals surface area (Å²) in [5.74, 6) is 0.664. The van der Waals surface area contributed by atoms with Crippen LogP contribution in [0, 0.1) is 5.92 Å². The zero-order chi connectivity index (χ0) is 13.0. The van der Waals surface area contributed by atoms with E-state index < -0.39 is 0 Å². The first-order valence-electron chi connectivity index (χ1n) is 6.14. The van der Waals surface area contributed by atoms with Crippen LogP contribution in [0.3, 0.4) is 0 Å². The molecule has 4 heteroatoms. The number of imidazole rings is 1. The van der Waals surface area contributed by atoms with E-state index in [0.717, 1.165) is 23.2 Å². The summed E-state index contributed by atoms with van der Waals surface area (Å²) in [5, 5.41) is 3.47. The third-order valence-electron chi connectivity index (χ3n) is 2.70. The van der Waals surface area contributed by atoms with E-state index in [1.165, 1.54) is 5.56 Å². The highest BCUT2D eigenvalue weighted by Gasteiger charge is 2.05. The van der Waals surface area contributed by atoms with Crippen LogP contribution in [0.25, 0.3) is 5.69 Å². The molecule has 0 aliphatic rings. The Hall–Kier alpha value is -1.13. The van der Waals surface area contributed by atoms with Gasteiger partial charge in [-0.2, -0.15) is 0 Å². The molecule has 3 nitrogen and oxygen atoms in total. The van der Waals surface area contributed by atoms with Gasteiger partial charge in [0, 0.05) is 23.4 Å². The van der Waals surface area contributed by atoms with Crippen LogP contribution < -0.4 is 5.32 Å². The van der Waals surface area contributed by atoms with Gasteiger partial charge in [-0.1, -0.05) is 35.8 Å². The van der Waals surface area contributed by atoms with Crippen molar-refractivity contribution in [2.24, 2.45) is 5.92 Å². The molecule has 0 amide bonds. The summed E-state index contributed by atoms with van der Waals surface area (Å²) >= 11 is 3.52. The number of hydrogen-bond acceptors (Lipinski definition) is 2. The van der Waals surface area contributed by atoms with Crippen molar-refractivity contribution in [3.8, 4) is 5.69 Å². The molecular formula is C14H18BrN3. The van der Waals surface area contributed by atoms with Gasteiger partial charge in [-0.3, -0.25) is 0 Å². The Morgan fingerprint density at radius 1 is 1.39 bits per heavy atom. The van der Waals surface area contributed by atoms with Gasteiger partial charge >= 0.3 is 0 Å². The molecule has 1 aromatic heterocycles. The molecule has 0 saturated carbocycles. The van der Waals surface area contributed by atoms with Crippen LogP contribution in [-0.4, -0.2) is 16.1 Å². The van der Waals surface area contributed by atoms with Crippen LogP contribution in [0.15, 0.2) is 41.4 Å². The summed E-state index contributed by atoms with van der Waals surface area (Å²) in [6.45, 7) is 6.33. The Morgan fingerprint density at radius 2 is 2.22 bits per heavy atom. The van der Waals surface area contributed by atoms with Gasteiger partial charge in [0.1, 0.15) is 0 Å². The smallest absolute Gasteiger partial charge is 0.0991 e. The van der Waals surface area contributed by atoms with Gasteiger partial charge in [-0.15, -0.1) is 0 Å². The SMILES string of the molecule is CC(C)CNCc1ccc(Br)cc1-n1ccnc1. The monoisotopic (exact) mass is 307 g/mol. The molecule has 2 rings (SSSR count). The second kappa shape index (κ2) is 6.16. The van der Waals surface area contributed by atoms with Gasteiger partial charge in [0.25, 0.3) is 0 Å². The maximum absolute atomic E-state index is 4.11. The Labute approximate surface area is 116 Å². The van der Waals surface area contributed by atoms with Gasteiger partial charge in [0.2, 0.25) is 0 Å². The van der Waals surface area contributed by atoms with Crippen molar-refractivity contribution in [2.45, 2.75) is 20.4 Å². The Bertz CT molecular complexity index is 492. The molecule has 1 N–H and O–H groups in total. The lowest BCUT2D eigenvalue weighted by Crippen LogP contribution is -2.19. The minimum atomic E-state index is 0.664. The lowest BCUT2D eigenvalue weighted by molar-refractivity contribution is 0.551. The molecule has 0 unspecified atom stereocenters. The van der Waals surface area contributed by atoms with E-state index in [1.807, 2.05) is 17.1 Å². The highest BCUT2D eigenvalue weighted by molar-refractivity contribution is 9.10. The molecule has 0 spiro atoms. The second-order valence-corrected chi connectivity index (χ2v) is 5.68. The average molecular weight is 308 g/mol. The molecule has 0 aliphatic heterocycles. The molecule has 2 aromatic rings. The van der Waals surface area contributed by atoms with E-state index >= 15 is 0 Å². The van der Waals surface area contributed by atoms with Crippen LogP contribution in [0.1, 0.15) is 19.4 Å². The largest absolute Gasteiger partial charge is 0.312 e. The first-order valence-corrected chi connectivity index (χ1v) is 6.93. The standard InChI is InChI=1S/C14H18BrN3/c1-11(2)8-17-9-12-3-4-13(15)7-14(12)18-6-5-16-10-18/h3-7,10-11,17H,8-9H2,1-2H3. The molecule has 1 heterocycles. The van der Waals surface area contributed by atoms with Crippen LogP contribution in [0.2, 0.25) is 0 Å². The zero-order valence-electron chi connectivity index (χ0n) is 10.7. The fourth-order valence-corrected chi connectivity index (χ4v) is 2.17. The van der Waals surface area contributed by atoms with Crippen LogP contribution in [-0.2, 0) is 6.54 Å². The fraction of sp³-hybridized carbons (Fsp3) is 0.357. The normalized spacial score (nSPS) is 11.1. The van der Waals surface area contributed by atoms with E-state index in [9.17, 15) is 0 Å². The van der Waals surface area contributed by atoms with E-state index in [1.54, 1.807) is 6.20 Å². The van der Waals surface area contributed by atoms with Gasteiger partial charge in [-0.05, 0) is 30.2 Å². The number of nitrogens with zero attached hydrogens (tertiary/aromatic N) is 2. The summed E-state index contributed by atoms with van der Waals surface area (Å²) in [4.78, 5) is 4.11. The first-order chi connectivity index (χ1) is 8.66. The van der Waals surface area contributed by atoms with E-state index in [2.05, 4.69) is 58.3 Å². The third-order valence-corrected chi connectivity index (χ3v) is 3.19. The van der Waals surface area contributed by atoms with Gasteiger partial charge in [-0.25, -0.2) is 4.98 Å². The van der Waals surface area contributed by atoms with Gasteiger partial charge in [0.05, 0.1) is 12.0 Å². The summed E-state index contributed by atoms with van der Waals surface area (Å²) < 4.78 is 3.12. The van der Waals surface area contributed by atoms with Crippen LogP contribution >= 0.6 is 15.9 Å².